The Bertz CT molecular complexity index is 552. The quantitative estimate of drug-likeness (QED) is 0.724. The van der Waals surface area contributed by atoms with Crippen molar-refractivity contribution in [2.75, 3.05) is 19.8 Å². The summed E-state index contributed by atoms with van der Waals surface area (Å²) in [7, 11) is 0. The van der Waals surface area contributed by atoms with Crippen LogP contribution in [0, 0.1) is 0 Å². The van der Waals surface area contributed by atoms with Crippen LogP contribution in [0.2, 0.25) is 0 Å². The molecule has 3 heterocycles. The summed E-state index contributed by atoms with van der Waals surface area (Å²) in [5, 5.41) is 3.34. The zero-order valence-corrected chi connectivity index (χ0v) is 8.77. The van der Waals surface area contributed by atoms with Gasteiger partial charge in [-0.2, -0.15) is 0 Å². The number of nitrogens with zero attached hydrogens (tertiary/aromatic N) is 1. The number of morpholine rings is 1. The molecule has 2 N–H and O–H groups in total. The van der Waals surface area contributed by atoms with E-state index in [-0.39, 0.29) is 11.6 Å². The minimum absolute atomic E-state index is 0.0169. The molecule has 2 aromatic heterocycles. The van der Waals surface area contributed by atoms with E-state index in [1.54, 1.807) is 16.5 Å². The molecule has 1 aliphatic rings. The van der Waals surface area contributed by atoms with Crippen molar-refractivity contribution in [3.63, 3.8) is 0 Å². The maximum Gasteiger partial charge on any atom is 0.256 e. The molecule has 0 bridgehead atoms. The summed E-state index contributed by atoms with van der Waals surface area (Å²) in [4.78, 5) is 14.8. The summed E-state index contributed by atoms with van der Waals surface area (Å²) in [6.45, 7) is 2.23. The van der Waals surface area contributed by atoms with Crippen molar-refractivity contribution in [1.82, 2.24) is 14.7 Å². The second-order valence-corrected chi connectivity index (χ2v) is 3.91. The van der Waals surface area contributed by atoms with E-state index in [2.05, 4.69) is 10.3 Å². The van der Waals surface area contributed by atoms with E-state index in [1.807, 2.05) is 12.3 Å². The van der Waals surface area contributed by atoms with E-state index in [0.29, 0.717) is 6.61 Å². The summed E-state index contributed by atoms with van der Waals surface area (Å²) in [5.41, 5.74) is 1.79. The zero-order chi connectivity index (χ0) is 11.0. The Kier molecular flexibility index (Phi) is 2.27. The maximum absolute atomic E-state index is 11.6. The Balaban J connectivity index is 2.04. The minimum atomic E-state index is -0.0169. The SMILES string of the molecule is O=c1cccc2[nH]c(C3COCCN3)cn12. The highest BCUT2D eigenvalue weighted by Crippen LogP contribution is 2.14. The van der Waals surface area contributed by atoms with Crippen molar-refractivity contribution in [1.29, 1.82) is 0 Å². The Morgan fingerprint density at radius 2 is 2.38 bits per heavy atom. The topological polar surface area (TPSA) is 58.5 Å². The Morgan fingerprint density at radius 3 is 3.12 bits per heavy atom. The van der Waals surface area contributed by atoms with Crippen molar-refractivity contribution in [3.8, 4) is 0 Å². The highest BCUT2D eigenvalue weighted by molar-refractivity contribution is 5.40. The molecule has 1 fully saturated rings. The molecule has 5 nitrogen and oxygen atoms in total. The first kappa shape index (κ1) is 9.62. The van der Waals surface area contributed by atoms with Crippen molar-refractivity contribution >= 4 is 5.65 Å². The van der Waals surface area contributed by atoms with Gasteiger partial charge in [-0.3, -0.25) is 9.20 Å². The van der Waals surface area contributed by atoms with Crippen LogP contribution in [0.25, 0.3) is 5.65 Å². The predicted octanol–water partition coefficient (Wildman–Crippen LogP) is 0.288. The molecule has 1 unspecified atom stereocenters. The molecule has 0 radical (unpaired) electrons. The van der Waals surface area contributed by atoms with Crippen LogP contribution < -0.4 is 10.9 Å². The highest BCUT2D eigenvalue weighted by atomic mass is 16.5. The molecule has 3 rings (SSSR count). The third-order valence-corrected chi connectivity index (χ3v) is 2.83. The monoisotopic (exact) mass is 219 g/mol. The van der Waals surface area contributed by atoms with E-state index in [1.165, 1.54) is 0 Å². The lowest BCUT2D eigenvalue weighted by Crippen LogP contribution is -2.34. The van der Waals surface area contributed by atoms with E-state index < -0.39 is 0 Å². The van der Waals surface area contributed by atoms with E-state index in [0.717, 1.165) is 24.5 Å². The van der Waals surface area contributed by atoms with Gasteiger partial charge in [0.1, 0.15) is 5.65 Å². The number of H-pyrrole nitrogens is 1. The van der Waals surface area contributed by atoms with Gasteiger partial charge >= 0.3 is 0 Å². The van der Waals surface area contributed by atoms with Gasteiger partial charge in [-0.25, -0.2) is 0 Å². The van der Waals surface area contributed by atoms with Crippen LogP contribution in [0.3, 0.4) is 0 Å². The fourth-order valence-corrected chi connectivity index (χ4v) is 2.00. The lowest BCUT2D eigenvalue weighted by molar-refractivity contribution is 0.0758. The molecule has 0 saturated carbocycles. The van der Waals surface area contributed by atoms with Crippen molar-refractivity contribution < 1.29 is 4.74 Å². The van der Waals surface area contributed by atoms with Gasteiger partial charge in [0.15, 0.2) is 0 Å². The number of fused-ring (bicyclic) bond motifs is 1. The Hall–Kier alpha value is -1.59. The molecule has 2 aromatic rings. The number of pyridine rings is 1. The summed E-state index contributed by atoms with van der Waals surface area (Å²) in [6, 6.07) is 5.33. The molecule has 5 heteroatoms. The fourth-order valence-electron chi connectivity index (χ4n) is 2.00. The second kappa shape index (κ2) is 3.77. The predicted molar refractivity (Wildman–Crippen MR) is 59.6 cm³/mol. The normalized spacial score (nSPS) is 21.4. The highest BCUT2D eigenvalue weighted by Gasteiger charge is 2.17. The molecular formula is C11H13N3O2. The first-order valence-electron chi connectivity index (χ1n) is 5.36. The van der Waals surface area contributed by atoms with Crippen molar-refractivity contribution in [2.45, 2.75) is 6.04 Å². The van der Waals surface area contributed by atoms with Crippen LogP contribution in [0.1, 0.15) is 11.7 Å². The first-order chi connectivity index (χ1) is 7.84. The summed E-state index contributed by atoms with van der Waals surface area (Å²) < 4.78 is 7.01. The van der Waals surface area contributed by atoms with Crippen molar-refractivity contribution in [2.24, 2.45) is 0 Å². The molecule has 0 aromatic carbocycles. The van der Waals surface area contributed by atoms with Gasteiger partial charge in [0.25, 0.3) is 5.56 Å². The molecule has 1 atom stereocenters. The van der Waals surface area contributed by atoms with Gasteiger partial charge in [-0.05, 0) is 6.07 Å². The van der Waals surface area contributed by atoms with Gasteiger partial charge in [-0.1, -0.05) is 6.07 Å². The lowest BCUT2D eigenvalue weighted by Gasteiger charge is -2.22. The van der Waals surface area contributed by atoms with Crippen molar-refractivity contribution in [3.05, 3.63) is 40.4 Å². The number of hydrogen-bond donors (Lipinski definition) is 2. The van der Waals surface area contributed by atoms with Crippen LogP contribution in [0.15, 0.2) is 29.2 Å². The third-order valence-electron chi connectivity index (χ3n) is 2.83. The number of nitrogens with one attached hydrogen (secondary N) is 2. The Morgan fingerprint density at radius 1 is 1.44 bits per heavy atom. The molecule has 0 spiro atoms. The second-order valence-electron chi connectivity index (χ2n) is 3.91. The number of aromatic nitrogens is 2. The van der Waals surface area contributed by atoms with Gasteiger partial charge in [-0.15, -0.1) is 0 Å². The minimum Gasteiger partial charge on any atom is -0.378 e. The summed E-state index contributed by atoms with van der Waals surface area (Å²) >= 11 is 0. The van der Waals surface area contributed by atoms with Gasteiger partial charge < -0.3 is 15.0 Å². The maximum atomic E-state index is 11.6. The smallest absolute Gasteiger partial charge is 0.256 e. The fraction of sp³-hybridized carbons (Fsp3) is 0.364. The summed E-state index contributed by atoms with van der Waals surface area (Å²) in [6.07, 6.45) is 1.84. The molecule has 16 heavy (non-hydrogen) atoms. The lowest BCUT2D eigenvalue weighted by atomic mass is 10.2. The summed E-state index contributed by atoms with van der Waals surface area (Å²) in [5.74, 6) is 0. The third kappa shape index (κ3) is 1.54. The number of aromatic amines is 1. The zero-order valence-electron chi connectivity index (χ0n) is 8.77. The molecule has 0 aliphatic carbocycles. The average molecular weight is 219 g/mol. The number of hydrogen-bond acceptors (Lipinski definition) is 3. The van der Waals surface area contributed by atoms with Crippen LogP contribution >= 0.6 is 0 Å². The van der Waals surface area contributed by atoms with Crippen LogP contribution in [-0.4, -0.2) is 29.1 Å². The number of ether oxygens (including phenoxy) is 1. The average Bonchev–Trinajstić information content (AvgIpc) is 2.76. The Labute approximate surface area is 92.0 Å². The largest absolute Gasteiger partial charge is 0.378 e. The van der Waals surface area contributed by atoms with Gasteiger partial charge in [0.2, 0.25) is 0 Å². The van der Waals surface area contributed by atoms with Gasteiger partial charge in [0, 0.05) is 18.8 Å². The first-order valence-corrected chi connectivity index (χ1v) is 5.36. The molecule has 0 amide bonds. The van der Waals surface area contributed by atoms with Crippen LogP contribution in [-0.2, 0) is 4.74 Å². The standard InChI is InChI=1S/C11H13N3O2/c15-11-3-1-2-10-13-8(6-14(10)11)9-7-16-5-4-12-9/h1-3,6,9,12-13H,4-5,7H2. The molecule has 1 aliphatic heterocycles. The van der Waals surface area contributed by atoms with Crippen LogP contribution in [0.5, 0.6) is 0 Å². The molecule has 1 saturated heterocycles. The molecule has 84 valence electrons. The number of imidazole rings is 1. The van der Waals surface area contributed by atoms with E-state index in [4.69, 9.17) is 4.74 Å². The van der Waals surface area contributed by atoms with Gasteiger partial charge in [0.05, 0.1) is 24.9 Å². The molecular weight excluding hydrogens is 206 g/mol. The van der Waals surface area contributed by atoms with Crippen LogP contribution in [0.4, 0.5) is 0 Å². The number of rotatable bonds is 1. The van der Waals surface area contributed by atoms with E-state index >= 15 is 0 Å². The van der Waals surface area contributed by atoms with E-state index in [9.17, 15) is 4.79 Å².